The number of carbonyl (C=O) groups is 2. The van der Waals surface area contributed by atoms with Crippen LogP contribution in [0.2, 0.25) is 10.0 Å². The fourth-order valence-electron chi connectivity index (χ4n) is 4.45. The number of aryl methyl sites for hydroxylation is 1. The molecule has 4 nitrogen and oxygen atoms in total. The SMILES string of the molecule is CNC(=O)C(Cc1ccccc1)N(Cc1ccc(Cl)c(Cl)c1)C(=O)CCc1cccc2ccccc12. The van der Waals surface area contributed by atoms with E-state index in [4.69, 9.17) is 23.2 Å². The highest BCUT2D eigenvalue weighted by Gasteiger charge is 2.29. The van der Waals surface area contributed by atoms with Gasteiger partial charge in [-0.2, -0.15) is 0 Å². The van der Waals surface area contributed by atoms with Crippen molar-refractivity contribution in [2.75, 3.05) is 7.05 Å². The molecule has 0 aliphatic carbocycles. The number of nitrogens with one attached hydrogen (secondary N) is 1. The van der Waals surface area contributed by atoms with E-state index in [0.29, 0.717) is 22.9 Å². The van der Waals surface area contributed by atoms with Gasteiger partial charge in [-0.25, -0.2) is 0 Å². The molecule has 0 saturated heterocycles. The van der Waals surface area contributed by atoms with Gasteiger partial charge in [-0.05, 0) is 46.0 Å². The van der Waals surface area contributed by atoms with Crippen LogP contribution in [-0.4, -0.2) is 29.8 Å². The Morgan fingerprint density at radius 3 is 2.31 bits per heavy atom. The maximum absolute atomic E-state index is 13.7. The molecule has 0 heterocycles. The Hall–Kier alpha value is -3.34. The lowest BCUT2D eigenvalue weighted by Crippen LogP contribution is -2.49. The minimum absolute atomic E-state index is 0.0986. The van der Waals surface area contributed by atoms with Crippen LogP contribution >= 0.6 is 23.2 Å². The number of halogens is 2. The standard InChI is InChI=1S/C30H28Cl2N2O2/c1-33-30(36)28(19-21-8-3-2-4-9-21)34(20-22-14-16-26(31)27(32)18-22)29(35)17-15-24-12-7-11-23-10-5-6-13-25(23)24/h2-14,16,18,28H,15,17,19-20H2,1H3,(H,33,36). The van der Waals surface area contributed by atoms with Gasteiger partial charge in [-0.3, -0.25) is 9.59 Å². The molecule has 0 fully saturated rings. The van der Waals surface area contributed by atoms with E-state index in [-0.39, 0.29) is 24.8 Å². The number of fused-ring (bicyclic) bond motifs is 1. The van der Waals surface area contributed by atoms with Gasteiger partial charge in [0, 0.05) is 26.4 Å². The number of carbonyl (C=O) groups excluding carboxylic acids is 2. The number of amides is 2. The molecule has 1 N–H and O–H groups in total. The molecule has 184 valence electrons. The molecule has 0 bridgehead atoms. The van der Waals surface area contributed by atoms with Crippen molar-refractivity contribution in [1.82, 2.24) is 10.2 Å². The highest BCUT2D eigenvalue weighted by molar-refractivity contribution is 6.42. The molecule has 1 atom stereocenters. The van der Waals surface area contributed by atoms with Crippen molar-refractivity contribution in [3.8, 4) is 0 Å². The smallest absolute Gasteiger partial charge is 0.242 e. The average molecular weight is 519 g/mol. The van der Waals surface area contributed by atoms with Crippen LogP contribution in [0.1, 0.15) is 23.1 Å². The zero-order valence-electron chi connectivity index (χ0n) is 20.1. The van der Waals surface area contributed by atoms with Crippen molar-refractivity contribution in [2.24, 2.45) is 0 Å². The van der Waals surface area contributed by atoms with Crippen molar-refractivity contribution in [1.29, 1.82) is 0 Å². The summed E-state index contributed by atoms with van der Waals surface area (Å²) in [5.41, 5.74) is 2.90. The van der Waals surface area contributed by atoms with Crippen molar-refractivity contribution in [3.05, 3.63) is 118 Å². The molecule has 0 aliphatic heterocycles. The van der Waals surface area contributed by atoms with Crippen molar-refractivity contribution in [2.45, 2.75) is 31.8 Å². The summed E-state index contributed by atoms with van der Waals surface area (Å²) in [6, 6.07) is 28.6. The van der Waals surface area contributed by atoms with Gasteiger partial charge < -0.3 is 10.2 Å². The van der Waals surface area contributed by atoms with Gasteiger partial charge in [-0.15, -0.1) is 0 Å². The van der Waals surface area contributed by atoms with E-state index in [1.807, 2.05) is 54.6 Å². The van der Waals surface area contributed by atoms with Crippen LogP contribution in [0, 0.1) is 0 Å². The quantitative estimate of drug-likeness (QED) is 0.276. The lowest BCUT2D eigenvalue weighted by molar-refractivity contribution is -0.141. The van der Waals surface area contributed by atoms with Crippen molar-refractivity contribution < 1.29 is 9.59 Å². The fourth-order valence-corrected chi connectivity index (χ4v) is 4.77. The molecule has 0 saturated carbocycles. The van der Waals surface area contributed by atoms with Crippen LogP contribution in [0.15, 0.2) is 91.0 Å². The summed E-state index contributed by atoms with van der Waals surface area (Å²) >= 11 is 12.4. The first-order valence-electron chi connectivity index (χ1n) is 11.9. The molecule has 0 aromatic heterocycles. The van der Waals surface area contributed by atoms with Crippen LogP contribution in [0.25, 0.3) is 10.8 Å². The Morgan fingerprint density at radius 2 is 1.56 bits per heavy atom. The molecule has 4 aromatic rings. The Balaban J connectivity index is 1.63. The van der Waals surface area contributed by atoms with Gasteiger partial charge in [0.1, 0.15) is 6.04 Å². The third kappa shape index (κ3) is 6.26. The van der Waals surface area contributed by atoms with E-state index < -0.39 is 6.04 Å². The first-order valence-corrected chi connectivity index (χ1v) is 12.7. The van der Waals surface area contributed by atoms with Gasteiger partial charge in [0.05, 0.1) is 10.0 Å². The second-order valence-electron chi connectivity index (χ2n) is 8.73. The van der Waals surface area contributed by atoms with Gasteiger partial charge >= 0.3 is 0 Å². The zero-order valence-corrected chi connectivity index (χ0v) is 21.6. The van der Waals surface area contributed by atoms with Gasteiger partial charge in [0.2, 0.25) is 11.8 Å². The van der Waals surface area contributed by atoms with Crippen molar-refractivity contribution in [3.63, 3.8) is 0 Å². The first kappa shape index (κ1) is 25.7. The number of hydrogen-bond acceptors (Lipinski definition) is 2. The normalized spacial score (nSPS) is 11.8. The molecule has 4 aromatic carbocycles. The number of likely N-dealkylation sites (N-methyl/N-ethyl adjacent to an activating group) is 1. The molecular weight excluding hydrogens is 491 g/mol. The van der Waals surface area contributed by atoms with E-state index >= 15 is 0 Å². The Labute approximate surface area is 221 Å². The molecule has 6 heteroatoms. The Bertz CT molecular complexity index is 1350. The highest BCUT2D eigenvalue weighted by atomic mass is 35.5. The largest absolute Gasteiger partial charge is 0.357 e. The number of benzene rings is 4. The van der Waals surface area contributed by atoms with E-state index in [2.05, 4.69) is 29.6 Å². The van der Waals surface area contributed by atoms with E-state index in [0.717, 1.165) is 27.5 Å². The summed E-state index contributed by atoms with van der Waals surface area (Å²) in [5.74, 6) is -0.309. The lowest BCUT2D eigenvalue weighted by Gasteiger charge is -2.31. The molecule has 2 amide bonds. The van der Waals surface area contributed by atoms with E-state index in [1.165, 1.54) is 0 Å². The summed E-state index contributed by atoms with van der Waals surface area (Å²) in [5, 5.41) is 5.88. The minimum atomic E-state index is -0.674. The predicted molar refractivity (Wildman–Crippen MR) is 147 cm³/mol. The van der Waals surface area contributed by atoms with Crippen LogP contribution < -0.4 is 5.32 Å². The third-order valence-corrected chi connectivity index (χ3v) is 7.08. The summed E-state index contributed by atoms with van der Waals surface area (Å²) in [6.07, 6.45) is 1.25. The topological polar surface area (TPSA) is 49.4 Å². The number of hydrogen-bond donors (Lipinski definition) is 1. The molecular formula is C30H28Cl2N2O2. The summed E-state index contributed by atoms with van der Waals surface area (Å²) in [4.78, 5) is 28.5. The van der Waals surface area contributed by atoms with Crippen molar-refractivity contribution >= 4 is 45.8 Å². The van der Waals surface area contributed by atoms with Crippen LogP contribution in [0.3, 0.4) is 0 Å². The maximum Gasteiger partial charge on any atom is 0.242 e. The second-order valence-corrected chi connectivity index (χ2v) is 9.54. The Kier molecular flexibility index (Phi) is 8.63. The van der Waals surface area contributed by atoms with Crippen LogP contribution in [0.5, 0.6) is 0 Å². The predicted octanol–water partition coefficient (Wildman–Crippen LogP) is 6.47. The van der Waals surface area contributed by atoms with Crippen LogP contribution in [-0.2, 0) is 29.0 Å². The maximum atomic E-state index is 13.7. The molecule has 0 radical (unpaired) electrons. The van der Waals surface area contributed by atoms with E-state index in [1.54, 1.807) is 24.1 Å². The van der Waals surface area contributed by atoms with Gasteiger partial charge in [0.25, 0.3) is 0 Å². The molecule has 0 aliphatic rings. The lowest BCUT2D eigenvalue weighted by atomic mass is 9.99. The minimum Gasteiger partial charge on any atom is -0.357 e. The molecule has 1 unspecified atom stereocenters. The molecule has 0 spiro atoms. The van der Waals surface area contributed by atoms with Crippen LogP contribution in [0.4, 0.5) is 0 Å². The third-order valence-electron chi connectivity index (χ3n) is 6.34. The summed E-state index contributed by atoms with van der Waals surface area (Å²) in [6.45, 7) is 0.246. The summed E-state index contributed by atoms with van der Waals surface area (Å²) in [7, 11) is 1.60. The number of rotatable bonds is 9. The molecule has 36 heavy (non-hydrogen) atoms. The van der Waals surface area contributed by atoms with Gasteiger partial charge in [-0.1, -0.05) is 102 Å². The Morgan fingerprint density at radius 1 is 0.833 bits per heavy atom. The summed E-state index contributed by atoms with van der Waals surface area (Å²) < 4.78 is 0. The average Bonchev–Trinajstić information content (AvgIpc) is 2.91. The fraction of sp³-hybridized carbons (Fsp3) is 0.200. The highest BCUT2D eigenvalue weighted by Crippen LogP contribution is 2.25. The number of nitrogens with zero attached hydrogens (tertiary/aromatic N) is 1. The van der Waals surface area contributed by atoms with E-state index in [9.17, 15) is 9.59 Å². The monoisotopic (exact) mass is 518 g/mol. The first-order chi connectivity index (χ1) is 17.5. The molecule has 4 rings (SSSR count). The second kappa shape index (κ2) is 12.1. The van der Waals surface area contributed by atoms with Gasteiger partial charge in [0.15, 0.2) is 0 Å². The zero-order chi connectivity index (χ0) is 25.5.